The van der Waals surface area contributed by atoms with E-state index in [1.165, 1.54) is 12.8 Å². The Morgan fingerprint density at radius 3 is 2.30 bits per heavy atom. The van der Waals surface area contributed by atoms with Crippen molar-refractivity contribution in [2.45, 2.75) is 50.8 Å². The topological polar surface area (TPSA) is 60.2 Å². The molecule has 1 aliphatic rings. The van der Waals surface area contributed by atoms with E-state index in [9.17, 15) is 8.42 Å². The summed E-state index contributed by atoms with van der Waals surface area (Å²) in [6, 6.07) is 7.38. The molecule has 0 bridgehead atoms. The second kappa shape index (κ2) is 6.27. The maximum absolute atomic E-state index is 12.5. The molecule has 4 heteroatoms. The number of hydrogen-bond acceptors (Lipinski definition) is 3. The van der Waals surface area contributed by atoms with Gasteiger partial charge in [-0.1, -0.05) is 42.7 Å². The number of aryl methyl sites for hydroxylation is 1. The molecule has 0 aliphatic heterocycles. The Morgan fingerprint density at radius 1 is 1.20 bits per heavy atom. The third-order valence-electron chi connectivity index (χ3n) is 4.48. The summed E-state index contributed by atoms with van der Waals surface area (Å²) in [7, 11) is -3.13. The predicted molar refractivity (Wildman–Crippen MR) is 83.3 cm³/mol. The average Bonchev–Trinajstić information content (AvgIpc) is 2.90. The van der Waals surface area contributed by atoms with Crippen molar-refractivity contribution >= 4 is 9.84 Å². The van der Waals surface area contributed by atoms with Gasteiger partial charge in [0.25, 0.3) is 0 Å². The van der Waals surface area contributed by atoms with Crippen LogP contribution in [0.15, 0.2) is 24.3 Å². The van der Waals surface area contributed by atoms with Crippen LogP contribution in [0.2, 0.25) is 0 Å². The minimum absolute atomic E-state index is 0.299. The van der Waals surface area contributed by atoms with Crippen LogP contribution in [-0.4, -0.2) is 19.4 Å². The van der Waals surface area contributed by atoms with E-state index in [2.05, 4.69) is 0 Å². The van der Waals surface area contributed by atoms with E-state index in [-0.39, 0.29) is 0 Å². The summed E-state index contributed by atoms with van der Waals surface area (Å²) in [6.07, 6.45) is 4.43. The second-order valence-corrected chi connectivity index (χ2v) is 8.52. The van der Waals surface area contributed by atoms with Gasteiger partial charge in [0.1, 0.15) is 0 Å². The normalized spacial score (nSPS) is 19.9. The molecule has 0 aromatic heterocycles. The van der Waals surface area contributed by atoms with Crippen molar-refractivity contribution in [1.82, 2.24) is 0 Å². The van der Waals surface area contributed by atoms with E-state index in [1.807, 2.05) is 31.2 Å². The third kappa shape index (κ3) is 3.61. The van der Waals surface area contributed by atoms with Gasteiger partial charge in [0.05, 0.1) is 11.0 Å². The smallest absolute Gasteiger partial charge is 0.155 e. The fourth-order valence-electron chi connectivity index (χ4n) is 2.94. The molecular formula is C16H25NO2S. The molecular weight excluding hydrogens is 270 g/mol. The molecule has 0 heterocycles. The highest BCUT2D eigenvalue weighted by Gasteiger charge is 2.31. The standard InChI is InChI=1S/C16H25NO2S/c1-12-7-9-15(10-8-12)16(17)13(2)20(18,19)11-14-5-3-4-6-14/h7-10,13-14,16H,3-6,11,17H2,1-2H3. The zero-order valence-electron chi connectivity index (χ0n) is 12.4. The van der Waals surface area contributed by atoms with E-state index >= 15 is 0 Å². The Morgan fingerprint density at radius 2 is 1.75 bits per heavy atom. The highest BCUT2D eigenvalue weighted by Crippen LogP contribution is 2.29. The van der Waals surface area contributed by atoms with Crippen LogP contribution >= 0.6 is 0 Å². The highest BCUT2D eigenvalue weighted by molar-refractivity contribution is 7.92. The molecule has 20 heavy (non-hydrogen) atoms. The summed E-state index contributed by atoms with van der Waals surface area (Å²) in [5, 5.41) is -0.522. The molecule has 1 aromatic carbocycles. The summed E-state index contributed by atoms with van der Waals surface area (Å²) in [5.41, 5.74) is 8.23. The van der Waals surface area contributed by atoms with Crippen LogP contribution in [0.3, 0.4) is 0 Å². The van der Waals surface area contributed by atoms with Crippen LogP contribution in [0.25, 0.3) is 0 Å². The summed E-state index contributed by atoms with van der Waals surface area (Å²) < 4.78 is 25.0. The number of rotatable bonds is 5. The van der Waals surface area contributed by atoms with Gasteiger partial charge in [-0.05, 0) is 38.2 Å². The first-order valence-corrected chi connectivity index (χ1v) is 9.15. The van der Waals surface area contributed by atoms with Gasteiger partial charge >= 0.3 is 0 Å². The maximum atomic E-state index is 12.5. The summed E-state index contributed by atoms with van der Waals surface area (Å²) in [5.74, 6) is 0.640. The lowest BCUT2D eigenvalue weighted by Crippen LogP contribution is -2.34. The number of sulfone groups is 1. The minimum Gasteiger partial charge on any atom is -0.323 e. The van der Waals surface area contributed by atoms with Gasteiger partial charge in [-0.25, -0.2) is 8.42 Å². The van der Waals surface area contributed by atoms with Gasteiger partial charge in [0.15, 0.2) is 9.84 Å². The molecule has 2 N–H and O–H groups in total. The number of hydrogen-bond donors (Lipinski definition) is 1. The Kier molecular flexibility index (Phi) is 4.86. The van der Waals surface area contributed by atoms with Gasteiger partial charge in [0, 0.05) is 6.04 Å². The minimum atomic E-state index is -3.13. The summed E-state index contributed by atoms with van der Waals surface area (Å²) >= 11 is 0. The van der Waals surface area contributed by atoms with Crippen LogP contribution in [0.4, 0.5) is 0 Å². The molecule has 0 saturated heterocycles. The van der Waals surface area contributed by atoms with Gasteiger partial charge in [-0.3, -0.25) is 0 Å². The van der Waals surface area contributed by atoms with Crippen LogP contribution in [0, 0.1) is 12.8 Å². The van der Waals surface area contributed by atoms with E-state index in [0.717, 1.165) is 24.0 Å². The Bertz CT molecular complexity index is 530. The lowest BCUT2D eigenvalue weighted by Gasteiger charge is -2.22. The molecule has 1 fully saturated rings. The van der Waals surface area contributed by atoms with Crippen molar-refractivity contribution in [1.29, 1.82) is 0 Å². The first-order chi connectivity index (χ1) is 9.40. The van der Waals surface area contributed by atoms with Gasteiger partial charge in [-0.15, -0.1) is 0 Å². The molecule has 0 amide bonds. The van der Waals surface area contributed by atoms with Crippen molar-refractivity contribution in [3.8, 4) is 0 Å². The molecule has 1 aromatic rings. The molecule has 2 unspecified atom stereocenters. The maximum Gasteiger partial charge on any atom is 0.155 e. The van der Waals surface area contributed by atoms with Gasteiger partial charge in [0.2, 0.25) is 0 Å². The molecule has 0 radical (unpaired) electrons. The number of benzene rings is 1. The lowest BCUT2D eigenvalue weighted by atomic mass is 10.0. The summed E-state index contributed by atoms with van der Waals surface area (Å²) in [6.45, 7) is 3.75. The molecule has 2 rings (SSSR count). The predicted octanol–water partition coefficient (Wildman–Crippen LogP) is 2.99. The zero-order valence-corrected chi connectivity index (χ0v) is 13.2. The Labute approximate surface area is 122 Å². The SMILES string of the molecule is Cc1ccc(C(N)C(C)S(=O)(=O)CC2CCCC2)cc1. The number of nitrogens with two attached hydrogens (primary N) is 1. The fourth-order valence-corrected chi connectivity index (χ4v) is 4.84. The van der Waals surface area contributed by atoms with E-state index in [1.54, 1.807) is 6.92 Å². The van der Waals surface area contributed by atoms with Crippen LogP contribution in [-0.2, 0) is 9.84 Å². The molecule has 1 saturated carbocycles. The van der Waals surface area contributed by atoms with Crippen LogP contribution in [0.1, 0.15) is 49.8 Å². The average molecular weight is 295 g/mol. The van der Waals surface area contributed by atoms with E-state index in [0.29, 0.717) is 11.7 Å². The highest BCUT2D eigenvalue weighted by atomic mass is 32.2. The molecule has 112 valence electrons. The summed E-state index contributed by atoms with van der Waals surface area (Å²) in [4.78, 5) is 0. The lowest BCUT2D eigenvalue weighted by molar-refractivity contribution is 0.536. The molecule has 2 atom stereocenters. The van der Waals surface area contributed by atoms with Gasteiger partial charge < -0.3 is 5.73 Å². The van der Waals surface area contributed by atoms with Crippen LogP contribution in [0.5, 0.6) is 0 Å². The molecule has 3 nitrogen and oxygen atoms in total. The van der Waals surface area contributed by atoms with E-state index < -0.39 is 21.1 Å². The monoisotopic (exact) mass is 295 g/mol. The van der Waals surface area contributed by atoms with Crippen molar-refractivity contribution in [3.05, 3.63) is 35.4 Å². The Hall–Kier alpha value is -0.870. The first kappa shape index (κ1) is 15.5. The first-order valence-electron chi connectivity index (χ1n) is 7.44. The molecule has 1 aliphatic carbocycles. The van der Waals surface area contributed by atoms with E-state index in [4.69, 9.17) is 5.73 Å². The molecule has 0 spiro atoms. The van der Waals surface area contributed by atoms with Gasteiger partial charge in [-0.2, -0.15) is 0 Å². The van der Waals surface area contributed by atoms with Crippen molar-refractivity contribution in [2.75, 3.05) is 5.75 Å². The van der Waals surface area contributed by atoms with Crippen molar-refractivity contribution < 1.29 is 8.42 Å². The third-order valence-corrected chi connectivity index (χ3v) is 6.84. The largest absolute Gasteiger partial charge is 0.323 e. The van der Waals surface area contributed by atoms with Crippen molar-refractivity contribution in [3.63, 3.8) is 0 Å². The zero-order chi connectivity index (χ0) is 14.8. The van der Waals surface area contributed by atoms with Crippen molar-refractivity contribution in [2.24, 2.45) is 11.7 Å². The van der Waals surface area contributed by atoms with Crippen LogP contribution < -0.4 is 5.73 Å². The fraction of sp³-hybridized carbons (Fsp3) is 0.625. The Balaban J connectivity index is 2.08. The quantitative estimate of drug-likeness (QED) is 0.908. The second-order valence-electron chi connectivity index (χ2n) is 6.12.